The zero-order valence-corrected chi connectivity index (χ0v) is 13.7. The molecule has 128 valence electrons. The maximum Gasteiger partial charge on any atom is 0.335 e. The van der Waals surface area contributed by atoms with Gasteiger partial charge in [-0.15, -0.1) is 0 Å². The zero-order valence-electron chi connectivity index (χ0n) is 13.7. The average molecular weight is 338 g/mol. The summed E-state index contributed by atoms with van der Waals surface area (Å²) < 4.78 is 1.98. The lowest BCUT2D eigenvalue weighted by Gasteiger charge is -2.04. The lowest BCUT2D eigenvalue weighted by atomic mass is 10.1. The number of carboxylic acids is 1. The molecule has 1 aromatic heterocycles. The molecule has 0 unspecified atom stereocenters. The predicted octanol–water partition coefficient (Wildman–Crippen LogP) is 2.15. The molecule has 3 aromatic rings. The lowest BCUT2D eigenvalue weighted by molar-refractivity contribution is 0.0697. The van der Waals surface area contributed by atoms with E-state index >= 15 is 0 Å². The van der Waals surface area contributed by atoms with E-state index in [0.717, 1.165) is 29.7 Å². The van der Waals surface area contributed by atoms with E-state index in [0.29, 0.717) is 11.1 Å². The third kappa shape index (κ3) is 3.30. The van der Waals surface area contributed by atoms with Crippen molar-refractivity contribution in [1.82, 2.24) is 9.55 Å². The number of nitrogens with two attached hydrogens (primary N) is 1. The highest BCUT2D eigenvalue weighted by Crippen LogP contribution is 2.18. The van der Waals surface area contributed by atoms with E-state index in [1.54, 1.807) is 30.3 Å². The molecule has 0 amide bonds. The van der Waals surface area contributed by atoms with Crippen LogP contribution in [-0.4, -0.2) is 31.7 Å². The summed E-state index contributed by atoms with van der Waals surface area (Å²) in [7, 11) is 1.92. The van der Waals surface area contributed by atoms with E-state index < -0.39 is 5.97 Å². The van der Waals surface area contributed by atoms with Crippen molar-refractivity contribution in [2.75, 3.05) is 0 Å². The Balaban J connectivity index is 1.79. The smallest absolute Gasteiger partial charge is 0.335 e. The number of carboxylic acid groups (broad SMARTS) is 1. The summed E-state index contributed by atoms with van der Waals surface area (Å²) in [5.41, 5.74) is 9.13. The summed E-state index contributed by atoms with van der Waals surface area (Å²) in [5.74, 6) is 0.00840. The molecule has 0 aliphatic carbocycles. The van der Waals surface area contributed by atoms with Crippen molar-refractivity contribution in [3.8, 4) is 0 Å². The summed E-state index contributed by atoms with van der Waals surface area (Å²) in [4.78, 5) is 15.6. The molecule has 7 nitrogen and oxygen atoms in total. The number of nitrogens with zero attached hydrogens (tertiary/aromatic N) is 3. The van der Waals surface area contributed by atoms with Crippen LogP contribution >= 0.6 is 0 Å². The number of amidine groups is 1. The van der Waals surface area contributed by atoms with E-state index in [2.05, 4.69) is 10.1 Å². The van der Waals surface area contributed by atoms with Gasteiger partial charge in [0.15, 0.2) is 5.84 Å². The van der Waals surface area contributed by atoms with Crippen LogP contribution in [0.15, 0.2) is 47.6 Å². The first-order valence-corrected chi connectivity index (χ1v) is 7.75. The Kier molecular flexibility index (Phi) is 4.38. The third-order valence-corrected chi connectivity index (χ3v) is 4.22. The van der Waals surface area contributed by atoms with Crippen molar-refractivity contribution >= 4 is 22.8 Å². The van der Waals surface area contributed by atoms with Crippen LogP contribution in [-0.2, 0) is 19.9 Å². The number of carbonyl (C=O) groups is 1. The van der Waals surface area contributed by atoms with Gasteiger partial charge in [-0.2, -0.15) is 0 Å². The SMILES string of the molecule is Cn1c(CCc2ccc(/C(N)=N/O)cc2)nc2cc(C(=O)O)ccc21. The Morgan fingerprint density at radius 2 is 1.84 bits per heavy atom. The molecular formula is C18H18N4O3. The van der Waals surface area contributed by atoms with Gasteiger partial charge in [0.1, 0.15) is 5.82 Å². The zero-order chi connectivity index (χ0) is 18.0. The minimum atomic E-state index is -0.958. The monoisotopic (exact) mass is 338 g/mol. The van der Waals surface area contributed by atoms with Crippen molar-refractivity contribution in [2.45, 2.75) is 12.8 Å². The maximum absolute atomic E-state index is 11.1. The summed E-state index contributed by atoms with van der Waals surface area (Å²) in [6.45, 7) is 0. The quantitative estimate of drug-likeness (QED) is 0.285. The fraction of sp³-hybridized carbons (Fsp3) is 0.167. The normalized spacial score (nSPS) is 11.8. The van der Waals surface area contributed by atoms with E-state index in [1.807, 2.05) is 23.7 Å². The molecule has 1 heterocycles. The second-order valence-electron chi connectivity index (χ2n) is 5.78. The Labute approximate surface area is 144 Å². The molecule has 3 rings (SSSR count). The molecule has 0 saturated heterocycles. The van der Waals surface area contributed by atoms with Gasteiger partial charge in [-0.05, 0) is 30.2 Å². The topological polar surface area (TPSA) is 114 Å². The van der Waals surface area contributed by atoms with Crippen LogP contribution in [0.25, 0.3) is 11.0 Å². The van der Waals surface area contributed by atoms with Crippen molar-refractivity contribution in [3.63, 3.8) is 0 Å². The van der Waals surface area contributed by atoms with Crippen LogP contribution in [0, 0.1) is 0 Å². The molecule has 0 radical (unpaired) electrons. The number of fused-ring (bicyclic) bond motifs is 1. The summed E-state index contributed by atoms with van der Waals surface area (Å²) >= 11 is 0. The molecular weight excluding hydrogens is 320 g/mol. The summed E-state index contributed by atoms with van der Waals surface area (Å²) in [6.07, 6.45) is 1.50. The number of aromatic carboxylic acids is 1. The van der Waals surface area contributed by atoms with E-state index in [9.17, 15) is 4.79 Å². The molecule has 0 saturated carbocycles. The van der Waals surface area contributed by atoms with Crippen LogP contribution in [0.3, 0.4) is 0 Å². The average Bonchev–Trinajstić information content (AvgIpc) is 2.95. The highest BCUT2D eigenvalue weighted by atomic mass is 16.4. The predicted molar refractivity (Wildman–Crippen MR) is 94.0 cm³/mol. The summed E-state index contributed by atoms with van der Waals surface area (Å²) in [5, 5.41) is 20.7. The van der Waals surface area contributed by atoms with Crippen molar-refractivity contribution < 1.29 is 15.1 Å². The molecule has 7 heteroatoms. The van der Waals surface area contributed by atoms with Crippen molar-refractivity contribution in [3.05, 3.63) is 65.0 Å². The second kappa shape index (κ2) is 6.64. The fourth-order valence-corrected chi connectivity index (χ4v) is 2.76. The van der Waals surface area contributed by atoms with Gasteiger partial charge in [0, 0.05) is 19.0 Å². The van der Waals surface area contributed by atoms with Gasteiger partial charge in [0.2, 0.25) is 0 Å². The summed E-state index contributed by atoms with van der Waals surface area (Å²) in [6, 6.07) is 12.4. The molecule has 25 heavy (non-hydrogen) atoms. The minimum Gasteiger partial charge on any atom is -0.478 e. The number of rotatable bonds is 5. The molecule has 0 aliphatic rings. The van der Waals surface area contributed by atoms with Crippen LogP contribution < -0.4 is 5.73 Å². The second-order valence-corrected chi connectivity index (χ2v) is 5.78. The van der Waals surface area contributed by atoms with Gasteiger partial charge < -0.3 is 20.6 Å². The van der Waals surface area contributed by atoms with E-state index in [-0.39, 0.29) is 11.4 Å². The van der Waals surface area contributed by atoms with Gasteiger partial charge >= 0.3 is 5.97 Å². The van der Waals surface area contributed by atoms with Gasteiger partial charge in [-0.25, -0.2) is 9.78 Å². The first kappa shape index (κ1) is 16.5. The van der Waals surface area contributed by atoms with Crippen LogP contribution in [0.4, 0.5) is 0 Å². The number of hydrogen-bond acceptors (Lipinski definition) is 4. The van der Waals surface area contributed by atoms with E-state index in [1.165, 1.54) is 0 Å². The standard InChI is InChI=1S/C18H18N4O3/c1-22-15-8-7-13(18(23)24)10-14(15)20-16(22)9-4-11-2-5-12(6-3-11)17(19)21-25/h2-3,5-8,10,25H,4,9H2,1H3,(H2,19,21)(H,23,24). The van der Waals surface area contributed by atoms with Gasteiger partial charge in [-0.1, -0.05) is 29.4 Å². The highest BCUT2D eigenvalue weighted by Gasteiger charge is 2.11. The third-order valence-electron chi connectivity index (χ3n) is 4.22. The Hall–Kier alpha value is -3.35. The van der Waals surface area contributed by atoms with Gasteiger partial charge in [0.05, 0.1) is 16.6 Å². The largest absolute Gasteiger partial charge is 0.478 e. The number of aromatic nitrogens is 2. The molecule has 4 N–H and O–H groups in total. The minimum absolute atomic E-state index is 0.0798. The number of oxime groups is 1. The Morgan fingerprint density at radius 1 is 1.16 bits per heavy atom. The highest BCUT2D eigenvalue weighted by molar-refractivity contribution is 5.97. The van der Waals surface area contributed by atoms with Crippen LogP contribution in [0.2, 0.25) is 0 Å². The lowest BCUT2D eigenvalue weighted by Crippen LogP contribution is -2.12. The van der Waals surface area contributed by atoms with Crippen molar-refractivity contribution in [2.24, 2.45) is 17.9 Å². The van der Waals surface area contributed by atoms with Crippen LogP contribution in [0.5, 0.6) is 0 Å². The first-order valence-electron chi connectivity index (χ1n) is 7.75. The number of benzene rings is 2. The van der Waals surface area contributed by atoms with Gasteiger partial charge in [0.25, 0.3) is 0 Å². The van der Waals surface area contributed by atoms with Crippen molar-refractivity contribution in [1.29, 1.82) is 0 Å². The molecule has 0 spiro atoms. The van der Waals surface area contributed by atoms with E-state index in [4.69, 9.17) is 16.0 Å². The Bertz CT molecular complexity index is 958. The van der Waals surface area contributed by atoms with Crippen LogP contribution in [0.1, 0.15) is 27.3 Å². The molecule has 0 aliphatic heterocycles. The molecule has 0 bridgehead atoms. The number of aryl methyl sites for hydroxylation is 3. The molecule has 0 fully saturated rings. The first-order chi connectivity index (χ1) is 12.0. The fourth-order valence-electron chi connectivity index (χ4n) is 2.76. The molecule has 2 aromatic carbocycles. The number of imidazole rings is 1. The number of hydrogen-bond donors (Lipinski definition) is 3. The Morgan fingerprint density at radius 3 is 2.48 bits per heavy atom. The maximum atomic E-state index is 11.1. The molecule has 0 atom stereocenters. The van der Waals surface area contributed by atoms with Gasteiger partial charge in [-0.3, -0.25) is 0 Å².